The fraction of sp³-hybridized carbons (Fsp3) is 0.150. The first kappa shape index (κ1) is 17.5. The van der Waals surface area contributed by atoms with E-state index in [1.807, 2.05) is 0 Å². The molecule has 0 radical (unpaired) electrons. The lowest BCUT2D eigenvalue weighted by atomic mass is 10.1. The molecular formula is C20H21IN2. The van der Waals surface area contributed by atoms with Crippen LogP contribution in [0.1, 0.15) is 11.3 Å². The minimum Gasteiger partial charge on any atom is -1.00 e. The molecule has 0 atom stereocenters. The summed E-state index contributed by atoms with van der Waals surface area (Å²) in [4.78, 5) is 2.11. The van der Waals surface area contributed by atoms with Crippen LogP contribution in [0.5, 0.6) is 0 Å². The van der Waals surface area contributed by atoms with E-state index in [2.05, 4.69) is 104 Å². The van der Waals surface area contributed by atoms with Crippen LogP contribution in [0.25, 0.3) is 22.9 Å². The smallest absolute Gasteiger partial charge is 0.205 e. The first-order valence-electron chi connectivity index (χ1n) is 7.47. The van der Waals surface area contributed by atoms with Crippen molar-refractivity contribution < 1.29 is 28.5 Å². The molecule has 0 amide bonds. The van der Waals surface area contributed by atoms with Gasteiger partial charge < -0.3 is 28.9 Å². The van der Waals surface area contributed by atoms with Gasteiger partial charge in [0.05, 0.1) is 0 Å². The number of anilines is 1. The van der Waals surface area contributed by atoms with E-state index in [-0.39, 0.29) is 24.0 Å². The number of hydrogen-bond donors (Lipinski definition) is 0. The molecule has 0 bridgehead atoms. The molecule has 0 aliphatic heterocycles. The normalized spacial score (nSPS) is 10.7. The van der Waals surface area contributed by atoms with Gasteiger partial charge in [0.25, 0.3) is 0 Å². The topological polar surface area (TPSA) is 7.12 Å². The predicted molar refractivity (Wildman–Crippen MR) is 94.8 cm³/mol. The third-order valence-corrected chi connectivity index (χ3v) is 3.90. The van der Waals surface area contributed by atoms with Gasteiger partial charge in [0.15, 0.2) is 6.20 Å². The van der Waals surface area contributed by atoms with Crippen molar-refractivity contribution in [2.24, 2.45) is 7.05 Å². The molecule has 3 heteroatoms. The summed E-state index contributed by atoms with van der Waals surface area (Å²) in [6, 6.07) is 19.2. The molecule has 0 unspecified atom stereocenters. The van der Waals surface area contributed by atoms with Crippen LogP contribution in [-0.2, 0) is 7.05 Å². The van der Waals surface area contributed by atoms with Crippen LogP contribution in [0.4, 0.5) is 5.69 Å². The number of hydrogen-bond acceptors (Lipinski definition) is 1. The fourth-order valence-corrected chi connectivity index (χ4v) is 2.54. The molecule has 3 rings (SSSR count). The zero-order valence-corrected chi connectivity index (χ0v) is 15.9. The van der Waals surface area contributed by atoms with E-state index in [1.54, 1.807) is 0 Å². The van der Waals surface area contributed by atoms with Gasteiger partial charge >= 0.3 is 0 Å². The third kappa shape index (κ3) is 4.10. The maximum Gasteiger partial charge on any atom is 0.205 e. The van der Waals surface area contributed by atoms with Gasteiger partial charge in [0, 0.05) is 37.3 Å². The second-order valence-corrected chi connectivity index (χ2v) is 5.76. The second-order valence-electron chi connectivity index (χ2n) is 5.76. The molecule has 3 aromatic rings. The Bertz CT molecular complexity index is 821. The molecule has 0 fully saturated rings. The van der Waals surface area contributed by atoms with E-state index >= 15 is 0 Å². The summed E-state index contributed by atoms with van der Waals surface area (Å²) in [6.45, 7) is 0. The number of aryl methyl sites for hydroxylation is 1. The molecule has 23 heavy (non-hydrogen) atoms. The minimum atomic E-state index is 0. The maximum atomic E-state index is 2.22. The largest absolute Gasteiger partial charge is 1.00 e. The summed E-state index contributed by atoms with van der Waals surface area (Å²) in [5.74, 6) is 0. The van der Waals surface area contributed by atoms with E-state index in [4.69, 9.17) is 0 Å². The highest BCUT2D eigenvalue weighted by Crippen LogP contribution is 2.16. The molecule has 0 saturated heterocycles. The van der Waals surface area contributed by atoms with Gasteiger partial charge in [-0.05, 0) is 35.2 Å². The Labute approximate surface area is 155 Å². The molecule has 1 aromatic heterocycles. The zero-order chi connectivity index (χ0) is 15.5. The average Bonchev–Trinajstić information content (AvgIpc) is 2.53. The Morgan fingerprint density at radius 2 is 1.52 bits per heavy atom. The predicted octanol–water partition coefficient (Wildman–Crippen LogP) is 0.905. The van der Waals surface area contributed by atoms with E-state index in [1.165, 1.54) is 27.7 Å². The van der Waals surface area contributed by atoms with Gasteiger partial charge in [0.2, 0.25) is 5.69 Å². The number of halogens is 1. The van der Waals surface area contributed by atoms with Crippen LogP contribution in [-0.4, -0.2) is 14.1 Å². The number of benzene rings is 2. The van der Waals surface area contributed by atoms with Gasteiger partial charge in [-0.1, -0.05) is 30.3 Å². The van der Waals surface area contributed by atoms with Crippen molar-refractivity contribution in [2.45, 2.75) is 0 Å². The van der Waals surface area contributed by atoms with Crippen molar-refractivity contribution in [1.29, 1.82) is 0 Å². The lowest BCUT2D eigenvalue weighted by Crippen LogP contribution is -3.00. The van der Waals surface area contributed by atoms with E-state index in [0.29, 0.717) is 0 Å². The first-order valence-corrected chi connectivity index (χ1v) is 7.47. The number of pyridine rings is 1. The lowest BCUT2D eigenvalue weighted by Gasteiger charge is -2.11. The molecule has 118 valence electrons. The van der Waals surface area contributed by atoms with Crippen LogP contribution >= 0.6 is 0 Å². The third-order valence-electron chi connectivity index (χ3n) is 3.90. The van der Waals surface area contributed by atoms with Gasteiger partial charge in [-0.3, -0.25) is 0 Å². The molecule has 0 spiro atoms. The van der Waals surface area contributed by atoms with Crippen LogP contribution in [0.3, 0.4) is 0 Å². The summed E-state index contributed by atoms with van der Waals surface area (Å²) in [6.07, 6.45) is 6.49. The molecule has 2 aromatic carbocycles. The standard InChI is InChI=1S/C20H21N2.HI/c1-21(2)19-11-8-16(9-12-19)10-13-20-14-17-6-4-5-7-18(17)15-22(20)3;/h4-15H,1-3H3;1H/q+1;/p-1. The molecule has 0 N–H and O–H groups in total. The van der Waals surface area contributed by atoms with Gasteiger partial charge in [-0.15, -0.1) is 0 Å². The van der Waals surface area contributed by atoms with Crippen LogP contribution < -0.4 is 33.4 Å². The van der Waals surface area contributed by atoms with Crippen molar-refractivity contribution in [1.82, 2.24) is 0 Å². The summed E-state index contributed by atoms with van der Waals surface area (Å²) < 4.78 is 2.16. The van der Waals surface area contributed by atoms with Crippen molar-refractivity contribution in [3.63, 3.8) is 0 Å². The Morgan fingerprint density at radius 1 is 0.870 bits per heavy atom. The Kier molecular flexibility index (Phi) is 5.77. The highest BCUT2D eigenvalue weighted by molar-refractivity contribution is 5.83. The molecule has 0 aliphatic carbocycles. The monoisotopic (exact) mass is 416 g/mol. The van der Waals surface area contributed by atoms with Crippen LogP contribution in [0.2, 0.25) is 0 Å². The molecule has 2 nitrogen and oxygen atoms in total. The lowest BCUT2D eigenvalue weighted by molar-refractivity contribution is -0.671. The molecule has 1 heterocycles. The quantitative estimate of drug-likeness (QED) is 0.455. The number of aromatic nitrogens is 1. The van der Waals surface area contributed by atoms with Crippen molar-refractivity contribution in [3.8, 4) is 0 Å². The van der Waals surface area contributed by atoms with Gasteiger partial charge in [0.1, 0.15) is 7.05 Å². The number of fused-ring (bicyclic) bond motifs is 1. The van der Waals surface area contributed by atoms with E-state index in [0.717, 1.165) is 0 Å². The summed E-state index contributed by atoms with van der Waals surface area (Å²) >= 11 is 0. The SMILES string of the molecule is CN(C)c1ccc(C=Cc2cc3ccccc3c[n+]2C)cc1.[I-]. The Balaban J connectivity index is 0.00000192. The van der Waals surface area contributed by atoms with Crippen LogP contribution in [0, 0.1) is 0 Å². The summed E-state index contributed by atoms with van der Waals surface area (Å²) in [5.41, 5.74) is 3.61. The molecule has 0 aliphatic rings. The minimum absolute atomic E-state index is 0. The average molecular weight is 416 g/mol. The Morgan fingerprint density at radius 3 is 2.17 bits per heavy atom. The number of nitrogens with zero attached hydrogens (tertiary/aromatic N) is 2. The van der Waals surface area contributed by atoms with Crippen molar-refractivity contribution in [3.05, 3.63) is 72.1 Å². The maximum absolute atomic E-state index is 2.22. The van der Waals surface area contributed by atoms with Gasteiger partial charge in [-0.2, -0.15) is 0 Å². The van der Waals surface area contributed by atoms with Crippen LogP contribution in [0.15, 0.2) is 60.8 Å². The van der Waals surface area contributed by atoms with Crippen molar-refractivity contribution in [2.75, 3.05) is 19.0 Å². The molecular weight excluding hydrogens is 395 g/mol. The molecule has 0 saturated carbocycles. The first-order chi connectivity index (χ1) is 10.6. The number of rotatable bonds is 3. The van der Waals surface area contributed by atoms with E-state index < -0.39 is 0 Å². The Hall–Kier alpha value is -1.88. The summed E-state index contributed by atoms with van der Waals surface area (Å²) in [5, 5.41) is 2.53. The van der Waals surface area contributed by atoms with Crippen molar-refractivity contribution >= 4 is 28.6 Å². The van der Waals surface area contributed by atoms with Gasteiger partial charge in [-0.25, -0.2) is 4.57 Å². The highest BCUT2D eigenvalue weighted by Gasteiger charge is 2.05. The van der Waals surface area contributed by atoms with E-state index in [9.17, 15) is 0 Å². The zero-order valence-electron chi connectivity index (χ0n) is 13.7. The second kappa shape index (κ2) is 7.59. The summed E-state index contributed by atoms with van der Waals surface area (Å²) in [7, 11) is 6.20. The fourth-order valence-electron chi connectivity index (χ4n) is 2.54. The highest BCUT2D eigenvalue weighted by atomic mass is 127.